The second-order valence-corrected chi connectivity index (χ2v) is 9.34. The van der Waals surface area contributed by atoms with Gasteiger partial charge in [-0.1, -0.05) is 75.4 Å². The van der Waals surface area contributed by atoms with Gasteiger partial charge in [-0.05, 0) is 22.1 Å². The van der Waals surface area contributed by atoms with Crippen LogP contribution >= 0.6 is 0 Å². The van der Waals surface area contributed by atoms with E-state index in [2.05, 4.69) is 101 Å². The van der Waals surface area contributed by atoms with Crippen molar-refractivity contribution in [2.45, 2.75) is 39.4 Å². The molecule has 1 aliphatic rings. The van der Waals surface area contributed by atoms with Crippen molar-refractivity contribution >= 4 is 0 Å². The molecule has 1 saturated heterocycles. The molecule has 4 rings (SSSR count). The van der Waals surface area contributed by atoms with Crippen molar-refractivity contribution in [1.29, 1.82) is 0 Å². The highest BCUT2D eigenvalue weighted by atomic mass is 15.4. The highest BCUT2D eigenvalue weighted by Crippen LogP contribution is 2.28. The van der Waals surface area contributed by atoms with Crippen LogP contribution in [0.15, 0.2) is 73.3 Å². The van der Waals surface area contributed by atoms with Gasteiger partial charge in [0, 0.05) is 44.0 Å². The highest BCUT2D eigenvalue weighted by molar-refractivity contribution is 5.63. The zero-order valence-electron chi connectivity index (χ0n) is 18.2. The van der Waals surface area contributed by atoms with Crippen molar-refractivity contribution in [3.05, 3.63) is 78.9 Å². The number of nitrogens with one attached hydrogen (secondary N) is 3. The van der Waals surface area contributed by atoms with E-state index in [0.717, 1.165) is 19.6 Å². The molecular weight excluding hydrogens is 370 g/mol. The topological polar surface area (TPSA) is 53.9 Å². The third-order valence-electron chi connectivity index (χ3n) is 6.09. The van der Waals surface area contributed by atoms with Crippen molar-refractivity contribution in [3.8, 4) is 11.1 Å². The molecule has 0 saturated carbocycles. The van der Waals surface area contributed by atoms with Gasteiger partial charge in [-0.15, -0.1) is 0 Å². The van der Waals surface area contributed by atoms with Crippen LogP contribution in [0.2, 0.25) is 0 Å². The van der Waals surface area contributed by atoms with E-state index in [0.29, 0.717) is 18.0 Å². The number of hydrazine groups is 1. The Labute approximate surface area is 179 Å². The first kappa shape index (κ1) is 20.8. The van der Waals surface area contributed by atoms with E-state index in [4.69, 9.17) is 0 Å². The van der Waals surface area contributed by atoms with Gasteiger partial charge in [0.15, 0.2) is 0 Å². The van der Waals surface area contributed by atoms with E-state index in [1.807, 2.05) is 18.7 Å². The molecule has 2 heterocycles. The first-order chi connectivity index (χ1) is 14.5. The lowest BCUT2D eigenvalue weighted by atomic mass is 9.85. The van der Waals surface area contributed by atoms with Crippen LogP contribution in [0.3, 0.4) is 0 Å². The highest BCUT2D eigenvalue weighted by Gasteiger charge is 2.31. The SMILES string of the molecule is CC(C)(C)C(Cn1ccnc1)NCC1CNNC1c1ccc(-c2ccccc2)cc1. The Morgan fingerprint density at radius 1 is 1.07 bits per heavy atom. The van der Waals surface area contributed by atoms with E-state index in [9.17, 15) is 0 Å². The Morgan fingerprint density at radius 2 is 1.80 bits per heavy atom. The molecule has 30 heavy (non-hydrogen) atoms. The third kappa shape index (κ3) is 4.98. The van der Waals surface area contributed by atoms with E-state index in [1.165, 1.54) is 16.7 Å². The second-order valence-electron chi connectivity index (χ2n) is 9.34. The summed E-state index contributed by atoms with van der Waals surface area (Å²) in [5.41, 5.74) is 10.9. The molecule has 0 bridgehead atoms. The van der Waals surface area contributed by atoms with Gasteiger partial charge < -0.3 is 9.88 Å². The standard InChI is InChI=1S/C25H33N5/c1-25(2,3)23(17-30-14-13-26-18-30)27-15-22-16-28-29-24(22)21-11-9-20(10-12-21)19-7-5-4-6-8-19/h4-14,18,22-24,27-29H,15-17H2,1-3H3. The Morgan fingerprint density at radius 3 is 2.47 bits per heavy atom. The minimum atomic E-state index is 0.163. The minimum absolute atomic E-state index is 0.163. The fraction of sp³-hybridized carbons (Fsp3) is 0.400. The van der Waals surface area contributed by atoms with Crippen molar-refractivity contribution in [2.24, 2.45) is 11.3 Å². The number of aromatic nitrogens is 2. The van der Waals surface area contributed by atoms with Crippen LogP contribution in [-0.4, -0.2) is 28.7 Å². The molecule has 1 fully saturated rings. The molecule has 2 aromatic carbocycles. The maximum atomic E-state index is 4.19. The van der Waals surface area contributed by atoms with Gasteiger partial charge in [-0.25, -0.2) is 10.4 Å². The molecule has 0 spiro atoms. The molecule has 1 aliphatic heterocycles. The molecule has 0 amide bonds. The van der Waals surface area contributed by atoms with Crippen LogP contribution in [0.5, 0.6) is 0 Å². The number of hydrogen-bond donors (Lipinski definition) is 3. The Bertz CT molecular complexity index is 897. The van der Waals surface area contributed by atoms with Crippen molar-refractivity contribution in [1.82, 2.24) is 25.7 Å². The lowest BCUT2D eigenvalue weighted by Crippen LogP contribution is -2.46. The van der Waals surface area contributed by atoms with Gasteiger partial charge in [0.05, 0.1) is 12.4 Å². The number of nitrogens with zero attached hydrogens (tertiary/aromatic N) is 2. The third-order valence-corrected chi connectivity index (χ3v) is 6.09. The predicted molar refractivity (Wildman–Crippen MR) is 123 cm³/mol. The maximum absolute atomic E-state index is 4.19. The summed E-state index contributed by atoms with van der Waals surface area (Å²) in [7, 11) is 0. The summed E-state index contributed by atoms with van der Waals surface area (Å²) in [5.74, 6) is 0.486. The largest absolute Gasteiger partial charge is 0.336 e. The van der Waals surface area contributed by atoms with Crippen LogP contribution < -0.4 is 16.2 Å². The fourth-order valence-corrected chi connectivity index (χ4v) is 4.14. The summed E-state index contributed by atoms with van der Waals surface area (Å²) in [6, 6.07) is 20.2. The normalized spacial score (nSPS) is 20.4. The summed E-state index contributed by atoms with van der Waals surface area (Å²) in [5, 5.41) is 3.85. The smallest absolute Gasteiger partial charge is 0.0946 e. The molecule has 0 aliphatic carbocycles. The maximum Gasteiger partial charge on any atom is 0.0946 e. The van der Waals surface area contributed by atoms with Crippen molar-refractivity contribution in [3.63, 3.8) is 0 Å². The van der Waals surface area contributed by atoms with Crippen molar-refractivity contribution in [2.75, 3.05) is 13.1 Å². The molecule has 3 unspecified atom stereocenters. The first-order valence-electron chi connectivity index (χ1n) is 10.8. The van der Waals surface area contributed by atoms with Crippen molar-refractivity contribution < 1.29 is 0 Å². The molecule has 5 heteroatoms. The Kier molecular flexibility index (Phi) is 6.32. The number of rotatable bonds is 7. The molecule has 5 nitrogen and oxygen atoms in total. The number of hydrogen-bond acceptors (Lipinski definition) is 4. The van der Waals surface area contributed by atoms with Crippen LogP contribution in [0.25, 0.3) is 11.1 Å². The average molecular weight is 404 g/mol. The quantitative estimate of drug-likeness (QED) is 0.558. The summed E-state index contributed by atoms with van der Waals surface area (Å²) in [6.07, 6.45) is 5.78. The summed E-state index contributed by atoms with van der Waals surface area (Å²) in [6.45, 7) is 9.74. The zero-order chi connectivity index (χ0) is 21.0. The number of benzene rings is 2. The summed E-state index contributed by atoms with van der Waals surface area (Å²) in [4.78, 5) is 4.19. The first-order valence-corrected chi connectivity index (χ1v) is 10.8. The molecule has 3 N–H and O–H groups in total. The molecule has 158 valence electrons. The van der Waals surface area contributed by atoms with Gasteiger partial charge >= 0.3 is 0 Å². The van der Waals surface area contributed by atoms with E-state index >= 15 is 0 Å². The molecule has 1 aromatic heterocycles. The van der Waals surface area contributed by atoms with Crippen LogP contribution in [0.4, 0.5) is 0 Å². The molecular formula is C25H33N5. The van der Waals surface area contributed by atoms with E-state index in [-0.39, 0.29) is 5.41 Å². The van der Waals surface area contributed by atoms with Crippen LogP contribution in [-0.2, 0) is 6.54 Å². The molecule has 3 atom stereocenters. The molecule has 3 aromatic rings. The van der Waals surface area contributed by atoms with E-state index in [1.54, 1.807) is 0 Å². The summed E-state index contributed by atoms with van der Waals surface area (Å²) >= 11 is 0. The van der Waals surface area contributed by atoms with Gasteiger partial charge in [0.2, 0.25) is 0 Å². The fourth-order valence-electron chi connectivity index (χ4n) is 4.14. The van der Waals surface area contributed by atoms with Gasteiger partial charge in [-0.3, -0.25) is 5.43 Å². The monoisotopic (exact) mass is 403 g/mol. The zero-order valence-corrected chi connectivity index (χ0v) is 18.2. The molecule has 0 radical (unpaired) electrons. The predicted octanol–water partition coefficient (Wildman–Crippen LogP) is 4.02. The Hall–Kier alpha value is -2.47. The Balaban J connectivity index is 1.41. The minimum Gasteiger partial charge on any atom is -0.336 e. The summed E-state index contributed by atoms with van der Waals surface area (Å²) < 4.78 is 2.16. The van der Waals surface area contributed by atoms with Crippen LogP contribution in [0.1, 0.15) is 32.4 Å². The number of imidazole rings is 1. The van der Waals surface area contributed by atoms with Gasteiger partial charge in [0.1, 0.15) is 0 Å². The lowest BCUT2D eigenvalue weighted by Gasteiger charge is -2.33. The van der Waals surface area contributed by atoms with Gasteiger partial charge in [-0.2, -0.15) is 0 Å². The second kappa shape index (κ2) is 9.13. The van der Waals surface area contributed by atoms with Gasteiger partial charge in [0.25, 0.3) is 0 Å². The van der Waals surface area contributed by atoms with E-state index < -0.39 is 0 Å². The average Bonchev–Trinajstić information content (AvgIpc) is 3.43. The van der Waals surface area contributed by atoms with Crippen LogP contribution in [0, 0.1) is 11.3 Å². The lowest BCUT2D eigenvalue weighted by molar-refractivity contribution is 0.230.